The van der Waals surface area contributed by atoms with E-state index in [2.05, 4.69) is 17.4 Å². The second-order valence-corrected chi connectivity index (χ2v) is 5.92. The normalized spacial score (nSPS) is 16.8. The van der Waals surface area contributed by atoms with Gasteiger partial charge in [0.25, 0.3) is 5.69 Å². The van der Waals surface area contributed by atoms with Gasteiger partial charge >= 0.3 is 6.03 Å². The third kappa shape index (κ3) is 3.71. The summed E-state index contributed by atoms with van der Waals surface area (Å²) in [6.45, 7) is 0.707. The van der Waals surface area contributed by atoms with Crippen LogP contribution in [0.5, 0.6) is 0 Å². The molecular formula is C18H19N3O3. The minimum atomic E-state index is -0.469. The summed E-state index contributed by atoms with van der Waals surface area (Å²) >= 11 is 0. The summed E-state index contributed by atoms with van der Waals surface area (Å²) < 4.78 is 0. The SMILES string of the molecule is O=C(Nc1cccc([N+](=O)[O-])c1)N1CCC[C@@H]1Cc1ccccc1. The van der Waals surface area contributed by atoms with Gasteiger partial charge in [-0.3, -0.25) is 10.1 Å². The van der Waals surface area contributed by atoms with Crippen LogP contribution < -0.4 is 5.32 Å². The van der Waals surface area contributed by atoms with Crippen LogP contribution in [0.4, 0.5) is 16.2 Å². The first-order valence-electron chi connectivity index (χ1n) is 7.99. The molecule has 3 rings (SSSR count). The molecule has 6 nitrogen and oxygen atoms in total. The largest absolute Gasteiger partial charge is 0.322 e. The van der Waals surface area contributed by atoms with Crippen molar-refractivity contribution in [1.29, 1.82) is 0 Å². The maximum atomic E-state index is 12.5. The van der Waals surface area contributed by atoms with Crippen LogP contribution in [-0.2, 0) is 6.42 Å². The summed E-state index contributed by atoms with van der Waals surface area (Å²) in [6, 6.07) is 16.1. The number of nitrogens with one attached hydrogen (secondary N) is 1. The van der Waals surface area contributed by atoms with E-state index in [-0.39, 0.29) is 17.8 Å². The van der Waals surface area contributed by atoms with Gasteiger partial charge in [-0.15, -0.1) is 0 Å². The van der Waals surface area contributed by atoms with Gasteiger partial charge in [0.05, 0.1) is 4.92 Å². The van der Waals surface area contributed by atoms with E-state index in [0.717, 1.165) is 19.3 Å². The molecule has 0 spiro atoms. The second kappa shape index (κ2) is 7.12. The van der Waals surface area contributed by atoms with Gasteiger partial charge in [0.1, 0.15) is 0 Å². The quantitative estimate of drug-likeness (QED) is 0.685. The highest BCUT2D eigenvalue weighted by atomic mass is 16.6. The predicted octanol–water partition coefficient (Wildman–Crippen LogP) is 3.83. The lowest BCUT2D eigenvalue weighted by molar-refractivity contribution is -0.384. The Morgan fingerprint density at radius 1 is 1.21 bits per heavy atom. The number of urea groups is 1. The van der Waals surface area contributed by atoms with E-state index >= 15 is 0 Å². The Kier molecular flexibility index (Phi) is 4.74. The van der Waals surface area contributed by atoms with Crippen molar-refractivity contribution in [2.24, 2.45) is 0 Å². The van der Waals surface area contributed by atoms with Gasteiger partial charge in [-0.1, -0.05) is 36.4 Å². The monoisotopic (exact) mass is 325 g/mol. The highest BCUT2D eigenvalue weighted by Crippen LogP contribution is 2.23. The maximum Gasteiger partial charge on any atom is 0.322 e. The van der Waals surface area contributed by atoms with E-state index in [4.69, 9.17) is 0 Å². The van der Waals surface area contributed by atoms with Crippen molar-refractivity contribution in [3.05, 3.63) is 70.3 Å². The number of hydrogen-bond donors (Lipinski definition) is 1. The zero-order valence-electron chi connectivity index (χ0n) is 13.2. The van der Waals surface area contributed by atoms with E-state index in [0.29, 0.717) is 12.2 Å². The fourth-order valence-electron chi connectivity index (χ4n) is 3.09. The third-order valence-corrected chi connectivity index (χ3v) is 4.26. The van der Waals surface area contributed by atoms with E-state index in [1.807, 2.05) is 23.1 Å². The number of anilines is 1. The first kappa shape index (κ1) is 16.0. The summed E-state index contributed by atoms with van der Waals surface area (Å²) in [5, 5.41) is 13.6. The van der Waals surface area contributed by atoms with Crippen molar-refractivity contribution < 1.29 is 9.72 Å². The molecule has 0 saturated carbocycles. The number of nitrogens with zero attached hydrogens (tertiary/aromatic N) is 2. The number of rotatable bonds is 4. The average Bonchev–Trinajstić information content (AvgIpc) is 3.04. The first-order valence-corrected chi connectivity index (χ1v) is 7.99. The molecule has 0 bridgehead atoms. The van der Waals surface area contributed by atoms with Crippen molar-refractivity contribution in [3.8, 4) is 0 Å². The molecule has 0 aliphatic carbocycles. The van der Waals surface area contributed by atoms with Crippen LogP contribution in [0.25, 0.3) is 0 Å². The number of carbonyl (C=O) groups is 1. The summed E-state index contributed by atoms with van der Waals surface area (Å²) in [5.41, 5.74) is 1.62. The first-order chi connectivity index (χ1) is 11.6. The van der Waals surface area contributed by atoms with Gasteiger partial charge in [0.2, 0.25) is 0 Å². The van der Waals surface area contributed by atoms with Crippen LogP contribution in [-0.4, -0.2) is 28.4 Å². The Bertz CT molecular complexity index is 733. The van der Waals surface area contributed by atoms with Gasteiger partial charge in [-0.2, -0.15) is 0 Å². The number of benzene rings is 2. The van der Waals surface area contributed by atoms with Crippen molar-refractivity contribution in [2.75, 3.05) is 11.9 Å². The zero-order chi connectivity index (χ0) is 16.9. The Labute approximate surface area is 140 Å². The van der Waals surface area contributed by atoms with Crippen LogP contribution in [0.1, 0.15) is 18.4 Å². The molecule has 24 heavy (non-hydrogen) atoms. The molecule has 0 aromatic heterocycles. The number of nitro groups is 1. The third-order valence-electron chi connectivity index (χ3n) is 4.26. The average molecular weight is 325 g/mol. The minimum Gasteiger partial charge on any atom is -0.321 e. The molecule has 1 aliphatic heterocycles. The lowest BCUT2D eigenvalue weighted by Gasteiger charge is -2.25. The molecule has 6 heteroatoms. The van der Waals surface area contributed by atoms with Crippen LogP contribution in [0.2, 0.25) is 0 Å². The Morgan fingerprint density at radius 3 is 2.75 bits per heavy atom. The molecule has 0 radical (unpaired) electrons. The predicted molar refractivity (Wildman–Crippen MR) is 92.0 cm³/mol. The van der Waals surface area contributed by atoms with Gasteiger partial charge < -0.3 is 10.2 Å². The minimum absolute atomic E-state index is 0.0324. The second-order valence-electron chi connectivity index (χ2n) is 5.92. The molecule has 1 N–H and O–H groups in total. The van der Waals surface area contributed by atoms with Gasteiger partial charge in [0, 0.05) is 30.4 Å². The maximum absolute atomic E-state index is 12.5. The number of hydrogen-bond acceptors (Lipinski definition) is 3. The molecular weight excluding hydrogens is 306 g/mol. The molecule has 1 heterocycles. The van der Waals surface area contributed by atoms with Gasteiger partial charge in [-0.25, -0.2) is 4.79 Å². The molecule has 1 fully saturated rings. The molecule has 0 unspecified atom stereocenters. The fraction of sp³-hybridized carbons (Fsp3) is 0.278. The van der Waals surface area contributed by atoms with Crippen molar-refractivity contribution in [3.63, 3.8) is 0 Å². The zero-order valence-corrected chi connectivity index (χ0v) is 13.2. The van der Waals surface area contributed by atoms with Crippen molar-refractivity contribution >= 4 is 17.4 Å². The van der Waals surface area contributed by atoms with E-state index in [1.54, 1.807) is 12.1 Å². The van der Waals surface area contributed by atoms with Crippen molar-refractivity contribution in [2.45, 2.75) is 25.3 Å². The van der Waals surface area contributed by atoms with Crippen LogP contribution in [0.15, 0.2) is 54.6 Å². The number of likely N-dealkylation sites (tertiary alicyclic amines) is 1. The fourth-order valence-corrected chi connectivity index (χ4v) is 3.09. The molecule has 2 aromatic carbocycles. The Hall–Kier alpha value is -2.89. The summed E-state index contributed by atoms with van der Waals surface area (Å²) in [7, 11) is 0. The lowest BCUT2D eigenvalue weighted by atomic mass is 10.0. The van der Waals surface area contributed by atoms with Crippen LogP contribution >= 0.6 is 0 Å². The lowest BCUT2D eigenvalue weighted by Crippen LogP contribution is -2.39. The topological polar surface area (TPSA) is 75.5 Å². The van der Waals surface area contributed by atoms with E-state index < -0.39 is 4.92 Å². The van der Waals surface area contributed by atoms with Crippen LogP contribution in [0.3, 0.4) is 0 Å². The van der Waals surface area contributed by atoms with Crippen molar-refractivity contribution in [1.82, 2.24) is 4.90 Å². The molecule has 1 atom stereocenters. The highest BCUT2D eigenvalue weighted by molar-refractivity contribution is 5.90. The number of carbonyl (C=O) groups excluding carboxylic acids is 1. The number of non-ortho nitro benzene ring substituents is 1. The van der Waals surface area contributed by atoms with E-state index in [9.17, 15) is 14.9 Å². The van der Waals surface area contributed by atoms with Crippen LogP contribution in [0, 0.1) is 10.1 Å². The number of nitro benzene ring substituents is 1. The Morgan fingerprint density at radius 2 is 2.00 bits per heavy atom. The summed E-state index contributed by atoms with van der Waals surface area (Å²) in [4.78, 5) is 24.7. The standard InChI is InChI=1S/C18H19N3O3/c22-18(19-15-8-4-9-17(13-15)21(23)24)20-11-5-10-16(20)12-14-6-2-1-3-7-14/h1-4,6-9,13,16H,5,10-12H2,(H,19,22)/t16-/m1/s1. The molecule has 124 valence electrons. The van der Waals surface area contributed by atoms with Gasteiger partial charge in [-0.05, 0) is 30.9 Å². The molecule has 1 aliphatic rings. The van der Waals surface area contributed by atoms with Gasteiger partial charge in [0.15, 0.2) is 0 Å². The highest BCUT2D eigenvalue weighted by Gasteiger charge is 2.28. The number of amides is 2. The summed E-state index contributed by atoms with van der Waals surface area (Å²) in [6.07, 6.45) is 2.76. The molecule has 2 aromatic rings. The smallest absolute Gasteiger partial charge is 0.321 e. The summed E-state index contributed by atoms with van der Waals surface area (Å²) in [5.74, 6) is 0. The van der Waals surface area contributed by atoms with E-state index in [1.165, 1.54) is 17.7 Å². The molecule has 2 amide bonds. The molecule has 1 saturated heterocycles. The Balaban J connectivity index is 1.67.